The van der Waals surface area contributed by atoms with Crippen molar-refractivity contribution in [1.29, 1.82) is 0 Å². The zero-order valence-corrected chi connectivity index (χ0v) is 24.6. The van der Waals surface area contributed by atoms with E-state index in [1.54, 1.807) is 22.7 Å². The Labute approximate surface area is 250 Å². The highest BCUT2D eigenvalue weighted by molar-refractivity contribution is 7.99. The fraction of sp³-hybridized carbons (Fsp3) is 0.500. The van der Waals surface area contributed by atoms with Gasteiger partial charge in [0.05, 0.1) is 29.4 Å². The van der Waals surface area contributed by atoms with Crippen molar-refractivity contribution in [3.63, 3.8) is 0 Å². The number of nitrogens with zero attached hydrogens (tertiary/aromatic N) is 3. The predicted molar refractivity (Wildman–Crippen MR) is 155 cm³/mol. The smallest absolute Gasteiger partial charge is 0.367 e. The van der Waals surface area contributed by atoms with Crippen molar-refractivity contribution < 1.29 is 31.5 Å². The number of carbonyl (C=O) groups excluding carboxylic acids is 2. The van der Waals surface area contributed by atoms with Crippen LogP contribution in [0.4, 0.5) is 33.3 Å². The number of alkyl halides is 3. The van der Waals surface area contributed by atoms with Gasteiger partial charge in [0.2, 0.25) is 5.91 Å². The summed E-state index contributed by atoms with van der Waals surface area (Å²) in [6.45, 7) is 4.66. The maximum Gasteiger partial charge on any atom is 0.390 e. The topological polar surface area (TPSA) is 67.9 Å². The minimum atomic E-state index is -4.23. The number of piperazine rings is 1. The summed E-state index contributed by atoms with van der Waals surface area (Å²) >= 11 is 7.85. The Morgan fingerprint density at radius 3 is 2.48 bits per heavy atom. The second-order valence-electron chi connectivity index (χ2n) is 10.1. The summed E-state index contributed by atoms with van der Waals surface area (Å²) in [5.74, 6) is -2.15. The maximum absolute atomic E-state index is 15.1. The van der Waals surface area contributed by atoms with Crippen LogP contribution in [0.2, 0.25) is 5.02 Å². The third-order valence-electron chi connectivity index (χ3n) is 7.44. The molecule has 0 bridgehead atoms. The Kier molecular flexibility index (Phi) is 11.0. The van der Waals surface area contributed by atoms with E-state index in [2.05, 4.69) is 10.6 Å². The lowest BCUT2D eigenvalue weighted by atomic mass is 10.1. The number of thioether (sulfide) groups is 1. The average molecular weight is 634 g/mol. The van der Waals surface area contributed by atoms with Crippen molar-refractivity contribution >= 4 is 46.6 Å². The second kappa shape index (κ2) is 14.2. The van der Waals surface area contributed by atoms with Crippen molar-refractivity contribution in [3.05, 3.63) is 58.1 Å². The zero-order valence-electron chi connectivity index (χ0n) is 23.1. The minimum absolute atomic E-state index is 0.0838. The van der Waals surface area contributed by atoms with Gasteiger partial charge < -0.3 is 15.5 Å². The van der Waals surface area contributed by atoms with Crippen LogP contribution in [0.5, 0.6) is 0 Å². The van der Waals surface area contributed by atoms with Gasteiger partial charge in [0.1, 0.15) is 0 Å². The molecule has 2 amide bonds. The van der Waals surface area contributed by atoms with E-state index in [9.17, 15) is 27.2 Å². The standard InChI is InChI=1S/C28H33ClF5N5O2S/c1-2-38-13-14-42-17-23(38)27(41)35-16-18-3-5-20(25(31)24(18)30)26(40)36-21-6-4-19(29)15-22(21)39-11-9-37(10-12-39)8-7-28(32,33)34/h3-6,15,23H,2,7-14,16-17H2,1H3,(H,35,41)(H,36,40)/t23-/m0/s1. The monoisotopic (exact) mass is 633 g/mol. The molecule has 2 heterocycles. The number of hydrogen-bond acceptors (Lipinski definition) is 6. The molecule has 2 fully saturated rings. The number of rotatable bonds is 9. The Balaban J connectivity index is 1.40. The lowest BCUT2D eigenvalue weighted by Crippen LogP contribution is -2.51. The van der Waals surface area contributed by atoms with E-state index in [-0.39, 0.29) is 30.6 Å². The van der Waals surface area contributed by atoms with Crippen LogP contribution >= 0.6 is 23.4 Å². The largest absolute Gasteiger partial charge is 0.390 e. The molecule has 2 aromatic carbocycles. The first-order valence-corrected chi connectivity index (χ1v) is 15.2. The molecule has 4 rings (SSSR count). The van der Waals surface area contributed by atoms with Gasteiger partial charge in [-0.3, -0.25) is 19.4 Å². The molecular formula is C28H33ClF5N5O2S. The number of nitrogens with one attached hydrogen (secondary N) is 2. The van der Waals surface area contributed by atoms with E-state index in [1.165, 1.54) is 24.3 Å². The van der Waals surface area contributed by atoms with Gasteiger partial charge in [0.25, 0.3) is 5.91 Å². The molecular weight excluding hydrogens is 601 g/mol. The summed E-state index contributed by atoms with van der Waals surface area (Å²) < 4.78 is 67.8. The van der Waals surface area contributed by atoms with Crippen LogP contribution in [-0.4, -0.2) is 91.2 Å². The first-order chi connectivity index (χ1) is 20.0. The normalized spacial score (nSPS) is 18.6. The highest BCUT2D eigenvalue weighted by Crippen LogP contribution is 2.31. The number of hydrogen-bond donors (Lipinski definition) is 2. The molecule has 2 aromatic rings. The summed E-state index contributed by atoms with van der Waals surface area (Å²) in [5.41, 5.74) is 0.226. The lowest BCUT2D eigenvalue weighted by Gasteiger charge is -2.37. The van der Waals surface area contributed by atoms with Gasteiger partial charge in [-0.15, -0.1) is 0 Å². The average Bonchev–Trinajstić information content (AvgIpc) is 2.97. The van der Waals surface area contributed by atoms with Crippen LogP contribution in [-0.2, 0) is 11.3 Å². The molecule has 0 aliphatic carbocycles. The molecule has 230 valence electrons. The molecule has 2 saturated heterocycles. The molecule has 42 heavy (non-hydrogen) atoms. The van der Waals surface area contributed by atoms with E-state index >= 15 is 4.39 Å². The van der Waals surface area contributed by atoms with E-state index in [0.29, 0.717) is 54.9 Å². The number of amides is 2. The number of benzene rings is 2. The number of carbonyl (C=O) groups is 2. The van der Waals surface area contributed by atoms with Crippen LogP contribution in [0, 0.1) is 11.6 Å². The van der Waals surface area contributed by atoms with E-state index in [0.717, 1.165) is 12.3 Å². The van der Waals surface area contributed by atoms with E-state index in [1.807, 2.05) is 16.7 Å². The molecule has 1 atom stereocenters. The Bertz CT molecular complexity index is 1280. The third kappa shape index (κ3) is 8.27. The number of likely N-dealkylation sites (N-methyl/N-ethyl adjacent to an activating group) is 1. The fourth-order valence-electron chi connectivity index (χ4n) is 5.02. The molecule has 0 aromatic heterocycles. The van der Waals surface area contributed by atoms with Crippen molar-refractivity contribution in [3.8, 4) is 0 Å². The number of halogens is 6. The lowest BCUT2D eigenvalue weighted by molar-refractivity contribution is -0.138. The molecule has 0 saturated carbocycles. The van der Waals surface area contributed by atoms with E-state index in [4.69, 9.17) is 11.6 Å². The Morgan fingerprint density at radius 2 is 1.79 bits per heavy atom. The molecule has 0 spiro atoms. The minimum Gasteiger partial charge on any atom is -0.367 e. The van der Waals surface area contributed by atoms with Gasteiger partial charge in [0.15, 0.2) is 11.6 Å². The van der Waals surface area contributed by atoms with Crippen LogP contribution in [0.3, 0.4) is 0 Å². The molecule has 7 nitrogen and oxygen atoms in total. The molecule has 0 radical (unpaired) electrons. The molecule has 0 unspecified atom stereocenters. The number of anilines is 2. The van der Waals surface area contributed by atoms with Crippen molar-refractivity contribution in [1.82, 2.24) is 15.1 Å². The first kappa shape index (κ1) is 32.3. The first-order valence-electron chi connectivity index (χ1n) is 13.7. The van der Waals surface area contributed by atoms with Gasteiger partial charge >= 0.3 is 6.18 Å². The maximum atomic E-state index is 15.1. The highest BCUT2D eigenvalue weighted by atomic mass is 35.5. The third-order valence-corrected chi connectivity index (χ3v) is 8.70. The molecule has 14 heteroatoms. The van der Waals surface area contributed by atoms with Crippen LogP contribution in [0.1, 0.15) is 29.3 Å². The van der Waals surface area contributed by atoms with Gasteiger partial charge in [-0.2, -0.15) is 24.9 Å². The SMILES string of the molecule is CCN1CCSC[C@H]1C(=O)NCc1ccc(C(=O)Nc2ccc(Cl)cc2N2CCN(CCC(F)(F)F)CC2)c(F)c1F. The van der Waals surface area contributed by atoms with E-state index < -0.39 is 35.7 Å². The van der Waals surface area contributed by atoms with Crippen molar-refractivity contribution in [2.24, 2.45) is 0 Å². The van der Waals surface area contributed by atoms with Crippen molar-refractivity contribution in [2.75, 3.05) is 67.5 Å². The second-order valence-corrected chi connectivity index (χ2v) is 11.7. The highest BCUT2D eigenvalue weighted by Gasteiger charge is 2.30. The van der Waals surface area contributed by atoms with Crippen molar-refractivity contribution in [2.45, 2.75) is 32.1 Å². The van der Waals surface area contributed by atoms with Crippen LogP contribution in [0.25, 0.3) is 0 Å². The summed E-state index contributed by atoms with van der Waals surface area (Å²) in [6.07, 6.45) is -5.12. The summed E-state index contributed by atoms with van der Waals surface area (Å²) in [4.78, 5) is 31.3. The summed E-state index contributed by atoms with van der Waals surface area (Å²) in [7, 11) is 0. The molecule has 2 N–H and O–H groups in total. The molecule has 2 aliphatic rings. The predicted octanol–water partition coefficient (Wildman–Crippen LogP) is 5.00. The van der Waals surface area contributed by atoms with Crippen LogP contribution < -0.4 is 15.5 Å². The summed E-state index contributed by atoms with van der Waals surface area (Å²) in [5, 5.41) is 5.67. The Hall–Kier alpha value is -2.61. The zero-order chi connectivity index (χ0) is 30.4. The van der Waals surface area contributed by atoms with Gasteiger partial charge in [-0.25, -0.2) is 8.78 Å². The van der Waals surface area contributed by atoms with Gasteiger partial charge in [-0.1, -0.05) is 24.6 Å². The quantitative estimate of drug-likeness (QED) is 0.379. The molecule has 2 aliphatic heterocycles. The fourth-order valence-corrected chi connectivity index (χ4v) is 6.30. The van der Waals surface area contributed by atoms with Gasteiger partial charge in [0, 0.05) is 67.9 Å². The van der Waals surface area contributed by atoms with Gasteiger partial charge in [-0.05, 0) is 30.8 Å². The summed E-state index contributed by atoms with van der Waals surface area (Å²) in [6, 6.07) is 6.77. The van der Waals surface area contributed by atoms with Crippen LogP contribution in [0.15, 0.2) is 30.3 Å². The Morgan fingerprint density at radius 1 is 1.05 bits per heavy atom.